The maximum absolute atomic E-state index is 3.58. The van der Waals surface area contributed by atoms with E-state index in [4.69, 9.17) is 0 Å². The van der Waals surface area contributed by atoms with Crippen molar-refractivity contribution in [1.82, 2.24) is 10.2 Å². The molecule has 0 aliphatic carbocycles. The second-order valence-corrected chi connectivity index (χ2v) is 5.66. The Morgan fingerprint density at radius 3 is 2.44 bits per heavy atom. The summed E-state index contributed by atoms with van der Waals surface area (Å²) in [6.07, 6.45) is 5.30. The van der Waals surface area contributed by atoms with Gasteiger partial charge < -0.3 is 10.2 Å². The highest BCUT2D eigenvalue weighted by Gasteiger charge is 2.21. The highest BCUT2D eigenvalue weighted by atomic mass is 15.2. The molecule has 0 spiro atoms. The fourth-order valence-electron chi connectivity index (χ4n) is 2.60. The maximum Gasteiger partial charge on any atom is 0.00816 e. The molecule has 1 N–H and O–H groups in total. The van der Waals surface area contributed by atoms with Gasteiger partial charge in [0.1, 0.15) is 0 Å². The van der Waals surface area contributed by atoms with Crippen molar-refractivity contribution in [3.63, 3.8) is 0 Å². The van der Waals surface area contributed by atoms with Crippen LogP contribution in [-0.4, -0.2) is 36.6 Å². The monoisotopic (exact) mass is 226 g/mol. The van der Waals surface area contributed by atoms with Crippen LogP contribution in [0.1, 0.15) is 53.4 Å². The standard InChI is InChI=1S/C14H30N2/c1-5-8-15-13(3)11-14(4)16-9-6-12(2)7-10-16/h12-15H,5-11H2,1-4H3. The zero-order valence-corrected chi connectivity index (χ0v) is 11.6. The Kier molecular flexibility index (Phi) is 6.37. The van der Waals surface area contributed by atoms with E-state index in [1.807, 2.05) is 0 Å². The third-order valence-corrected chi connectivity index (χ3v) is 3.88. The first-order chi connectivity index (χ1) is 7.63. The molecule has 1 aliphatic heterocycles. The van der Waals surface area contributed by atoms with Crippen LogP contribution in [0.25, 0.3) is 0 Å². The van der Waals surface area contributed by atoms with Crippen LogP contribution in [0.15, 0.2) is 0 Å². The lowest BCUT2D eigenvalue weighted by molar-refractivity contribution is 0.134. The second-order valence-electron chi connectivity index (χ2n) is 5.66. The first-order valence-electron chi connectivity index (χ1n) is 7.11. The van der Waals surface area contributed by atoms with Crippen LogP contribution >= 0.6 is 0 Å². The van der Waals surface area contributed by atoms with Gasteiger partial charge in [0.2, 0.25) is 0 Å². The van der Waals surface area contributed by atoms with Gasteiger partial charge in [-0.15, -0.1) is 0 Å². The van der Waals surface area contributed by atoms with Crippen molar-refractivity contribution in [1.29, 1.82) is 0 Å². The molecule has 96 valence electrons. The highest BCUT2D eigenvalue weighted by molar-refractivity contribution is 4.77. The van der Waals surface area contributed by atoms with E-state index in [1.165, 1.54) is 38.8 Å². The molecular weight excluding hydrogens is 196 g/mol. The van der Waals surface area contributed by atoms with Crippen LogP contribution in [0.4, 0.5) is 0 Å². The van der Waals surface area contributed by atoms with E-state index >= 15 is 0 Å². The number of rotatable bonds is 6. The minimum atomic E-state index is 0.661. The van der Waals surface area contributed by atoms with Gasteiger partial charge in [-0.05, 0) is 65.1 Å². The van der Waals surface area contributed by atoms with E-state index in [0.29, 0.717) is 6.04 Å². The summed E-state index contributed by atoms with van der Waals surface area (Å²) in [7, 11) is 0. The van der Waals surface area contributed by atoms with Gasteiger partial charge in [-0.3, -0.25) is 0 Å². The molecule has 1 aliphatic rings. The van der Waals surface area contributed by atoms with Crippen LogP contribution in [0.2, 0.25) is 0 Å². The first-order valence-corrected chi connectivity index (χ1v) is 7.11. The molecule has 0 saturated carbocycles. The van der Waals surface area contributed by atoms with Gasteiger partial charge in [-0.1, -0.05) is 13.8 Å². The Hall–Kier alpha value is -0.0800. The van der Waals surface area contributed by atoms with Gasteiger partial charge in [0.15, 0.2) is 0 Å². The molecule has 2 unspecified atom stereocenters. The Morgan fingerprint density at radius 2 is 1.88 bits per heavy atom. The molecule has 1 saturated heterocycles. The zero-order chi connectivity index (χ0) is 12.0. The van der Waals surface area contributed by atoms with Crippen molar-refractivity contribution in [2.45, 2.75) is 65.5 Å². The molecule has 0 amide bonds. The first kappa shape index (κ1) is 14.0. The average molecular weight is 226 g/mol. The van der Waals surface area contributed by atoms with Crippen molar-refractivity contribution in [3.05, 3.63) is 0 Å². The molecule has 0 radical (unpaired) electrons. The Bertz CT molecular complexity index is 174. The summed E-state index contributed by atoms with van der Waals surface area (Å²) < 4.78 is 0. The molecular formula is C14H30N2. The average Bonchev–Trinajstić information content (AvgIpc) is 2.27. The van der Waals surface area contributed by atoms with Crippen molar-refractivity contribution >= 4 is 0 Å². The molecule has 2 nitrogen and oxygen atoms in total. The zero-order valence-electron chi connectivity index (χ0n) is 11.6. The molecule has 2 heteroatoms. The summed E-state index contributed by atoms with van der Waals surface area (Å²) in [4.78, 5) is 2.67. The lowest BCUT2D eigenvalue weighted by atomic mass is 9.97. The Morgan fingerprint density at radius 1 is 1.25 bits per heavy atom. The van der Waals surface area contributed by atoms with E-state index in [0.717, 1.165) is 18.5 Å². The second kappa shape index (κ2) is 7.29. The molecule has 0 aromatic carbocycles. The third-order valence-electron chi connectivity index (χ3n) is 3.88. The minimum absolute atomic E-state index is 0.661. The van der Waals surface area contributed by atoms with Gasteiger partial charge in [-0.2, -0.15) is 0 Å². The van der Waals surface area contributed by atoms with Crippen molar-refractivity contribution in [2.24, 2.45) is 5.92 Å². The number of likely N-dealkylation sites (tertiary alicyclic amines) is 1. The lowest BCUT2D eigenvalue weighted by Crippen LogP contribution is -2.42. The van der Waals surface area contributed by atoms with Crippen LogP contribution in [0, 0.1) is 5.92 Å². The maximum atomic E-state index is 3.58. The summed E-state index contributed by atoms with van der Waals surface area (Å²) in [6.45, 7) is 13.1. The molecule has 0 aromatic rings. The molecule has 0 aromatic heterocycles. The summed E-state index contributed by atoms with van der Waals surface area (Å²) >= 11 is 0. The quantitative estimate of drug-likeness (QED) is 0.749. The van der Waals surface area contributed by atoms with E-state index in [1.54, 1.807) is 0 Å². The normalized spacial score (nSPS) is 23.2. The van der Waals surface area contributed by atoms with Crippen molar-refractivity contribution < 1.29 is 0 Å². The number of hydrogen-bond acceptors (Lipinski definition) is 2. The van der Waals surface area contributed by atoms with E-state index in [2.05, 4.69) is 37.9 Å². The molecule has 2 atom stereocenters. The van der Waals surface area contributed by atoms with Gasteiger partial charge in [0.05, 0.1) is 0 Å². The van der Waals surface area contributed by atoms with Gasteiger partial charge >= 0.3 is 0 Å². The van der Waals surface area contributed by atoms with E-state index in [-0.39, 0.29) is 0 Å². The predicted molar refractivity (Wildman–Crippen MR) is 71.8 cm³/mol. The van der Waals surface area contributed by atoms with Gasteiger partial charge in [0.25, 0.3) is 0 Å². The SMILES string of the molecule is CCCNC(C)CC(C)N1CCC(C)CC1. The highest BCUT2D eigenvalue weighted by Crippen LogP contribution is 2.19. The summed E-state index contributed by atoms with van der Waals surface area (Å²) in [5.41, 5.74) is 0. The molecule has 1 fully saturated rings. The van der Waals surface area contributed by atoms with Crippen LogP contribution < -0.4 is 5.32 Å². The Balaban J connectivity index is 2.20. The number of nitrogens with zero attached hydrogens (tertiary/aromatic N) is 1. The summed E-state index contributed by atoms with van der Waals surface area (Å²) in [6, 6.07) is 1.40. The number of piperidine rings is 1. The fourth-order valence-corrected chi connectivity index (χ4v) is 2.60. The lowest BCUT2D eigenvalue weighted by Gasteiger charge is -2.36. The molecule has 0 bridgehead atoms. The van der Waals surface area contributed by atoms with E-state index < -0.39 is 0 Å². The third kappa shape index (κ3) is 4.84. The summed E-state index contributed by atoms with van der Waals surface area (Å²) in [5, 5.41) is 3.58. The molecule has 16 heavy (non-hydrogen) atoms. The summed E-state index contributed by atoms with van der Waals surface area (Å²) in [5.74, 6) is 0.944. The molecule has 1 rings (SSSR count). The van der Waals surface area contributed by atoms with Crippen LogP contribution in [0.5, 0.6) is 0 Å². The fraction of sp³-hybridized carbons (Fsp3) is 1.00. The van der Waals surface area contributed by atoms with Gasteiger partial charge in [-0.25, -0.2) is 0 Å². The number of nitrogens with one attached hydrogen (secondary N) is 1. The van der Waals surface area contributed by atoms with Crippen LogP contribution in [-0.2, 0) is 0 Å². The van der Waals surface area contributed by atoms with Crippen LogP contribution in [0.3, 0.4) is 0 Å². The molecule has 1 heterocycles. The minimum Gasteiger partial charge on any atom is -0.314 e. The van der Waals surface area contributed by atoms with E-state index in [9.17, 15) is 0 Å². The topological polar surface area (TPSA) is 15.3 Å². The van der Waals surface area contributed by atoms with Crippen molar-refractivity contribution in [3.8, 4) is 0 Å². The number of hydrogen-bond donors (Lipinski definition) is 1. The smallest absolute Gasteiger partial charge is 0.00816 e. The van der Waals surface area contributed by atoms with Gasteiger partial charge in [0, 0.05) is 12.1 Å². The Labute approximate surface area is 102 Å². The van der Waals surface area contributed by atoms with Crippen molar-refractivity contribution in [2.75, 3.05) is 19.6 Å². The largest absolute Gasteiger partial charge is 0.314 e. The predicted octanol–water partition coefficient (Wildman–Crippen LogP) is 2.89.